The average molecular weight is 288 g/mol. The van der Waals surface area contributed by atoms with E-state index >= 15 is 0 Å². The van der Waals surface area contributed by atoms with E-state index in [0.29, 0.717) is 11.8 Å². The molecular weight excluding hydrogens is 264 g/mol. The number of hydrogen-bond acceptors (Lipinski definition) is 3. The molecule has 0 amide bonds. The first-order valence-electron chi connectivity index (χ1n) is 8.30. The fraction of sp³-hybridized carbons (Fsp3) is 0.722. The molecule has 4 aliphatic rings. The fourth-order valence-corrected chi connectivity index (χ4v) is 5.82. The standard InChI is InChI=1S/C18H24O3/c1-17-8-7-15-13(14(17)4-5-16(17)20)3-2-11-10-12(19)6-9-18(11,15)21/h6,9-10,13-16,20-21H,2-5,7-8H2,1H3/t13-,14-,15-,16?,17-,18?/m0/s1. The van der Waals surface area contributed by atoms with E-state index in [9.17, 15) is 15.0 Å². The first-order valence-corrected chi connectivity index (χ1v) is 8.30. The van der Waals surface area contributed by atoms with Crippen molar-refractivity contribution in [1.82, 2.24) is 0 Å². The zero-order chi connectivity index (χ0) is 14.8. The number of allylic oxidation sites excluding steroid dienone is 2. The van der Waals surface area contributed by atoms with E-state index < -0.39 is 5.60 Å². The zero-order valence-electron chi connectivity index (χ0n) is 12.6. The Morgan fingerprint density at radius 1 is 1.19 bits per heavy atom. The third-order valence-corrected chi connectivity index (χ3v) is 7.03. The number of carbonyl (C=O) groups is 1. The van der Waals surface area contributed by atoms with E-state index in [0.717, 1.165) is 44.1 Å². The van der Waals surface area contributed by atoms with Crippen LogP contribution in [0.15, 0.2) is 23.8 Å². The van der Waals surface area contributed by atoms with Gasteiger partial charge in [0.15, 0.2) is 5.78 Å². The van der Waals surface area contributed by atoms with Crippen molar-refractivity contribution in [3.8, 4) is 0 Å². The quantitative estimate of drug-likeness (QED) is 0.719. The molecule has 0 bridgehead atoms. The van der Waals surface area contributed by atoms with Crippen LogP contribution in [0.1, 0.15) is 45.4 Å². The molecule has 3 fully saturated rings. The number of fused-ring (bicyclic) bond motifs is 5. The van der Waals surface area contributed by atoms with Crippen LogP contribution in [-0.4, -0.2) is 27.7 Å². The highest BCUT2D eigenvalue weighted by atomic mass is 16.3. The van der Waals surface area contributed by atoms with Gasteiger partial charge in [-0.15, -0.1) is 0 Å². The maximum Gasteiger partial charge on any atom is 0.178 e. The van der Waals surface area contributed by atoms with Crippen LogP contribution in [0.3, 0.4) is 0 Å². The van der Waals surface area contributed by atoms with Gasteiger partial charge in [0.2, 0.25) is 0 Å². The SMILES string of the molecule is C[C@]12CC[C@H]3[C@@H](CCC4=CC(=O)C=CC43O)[C@@H]1CCC2O. The van der Waals surface area contributed by atoms with E-state index in [4.69, 9.17) is 0 Å². The van der Waals surface area contributed by atoms with Crippen molar-refractivity contribution >= 4 is 5.78 Å². The summed E-state index contributed by atoms with van der Waals surface area (Å²) in [5, 5.41) is 21.6. The minimum Gasteiger partial charge on any atom is -0.393 e. The third kappa shape index (κ3) is 1.71. The minimum absolute atomic E-state index is 0.00469. The van der Waals surface area contributed by atoms with Gasteiger partial charge in [-0.3, -0.25) is 4.79 Å². The summed E-state index contributed by atoms with van der Waals surface area (Å²) in [6.45, 7) is 2.24. The molecule has 0 aromatic rings. The Bertz CT molecular complexity index is 549. The maximum absolute atomic E-state index is 11.6. The van der Waals surface area contributed by atoms with Gasteiger partial charge >= 0.3 is 0 Å². The van der Waals surface area contributed by atoms with Gasteiger partial charge < -0.3 is 10.2 Å². The topological polar surface area (TPSA) is 57.5 Å². The second-order valence-electron chi connectivity index (χ2n) is 7.78. The van der Waals surface area contributed by atoms with E-state index in [1.54, 1.807) is 12.2 Å². The molecule has 4 aliphatic carbocycles. The monoisotopic (exact) mass is 288 g/mol. The number of hydrogen-bond donors (Lipinski definition) is 2. The van der Waals surface area contributed by atoms with Crippen molar-refractivity contribution in [3.63, 3.8) is 0 Å². The van der Waals surface area contributed by atoms with Crippen LogP contribution in [0.4, 0.5) is 0 Å². The summed E-state index contributed by atoms with van der Waals surface area (Å²) >= 11 is 0. The molecule has 114 valence electrons. The number of aliphatic hydroxyl groups excluding tert-OH is 1. The van der Waals surface area contributed by atoms with Crippen LogP contribution in [0.5, 0.6) is 0 Å². The largest absolute Gasteiger partial charge is 0.393 e. The molecule has 3 saturated carbocycles. The van der Waals surface area contributed by atoms with E-state index in [1.165, 1.54) is 6.08 Å². The number of aliphatic hydroxyl groups is 2. The highest BCUT2D eigenvalue weighted by Gasteiger charge is 2.59. The lowest BCUT2D eigenvalue weighted by atomic mass is 9.51. The number of rotatable bonds is 0. The number of carbonyl (C=O) groups excluding carboxylic acids is 1. The Morgan fingerprint density at radius 3 is 2.81 bits per heavy atom. The van der Waals surface area contributed by atoms with Crippen molar-refractivity contribution in [2.24, 2.45) is 23.2 Å². The van der Waals surface area contributed by atoms with Gasteiger partial charge in [0, 0.05) is 0 Å². The highest BCUT2D eigenvalue weighted by molar-refractivity contribution is 6.01. The molecule has 0 aliphatic heterocycles. The van der Waals surface area contributed by atoms with Gasteiger partial charge in [0.1, 0.15) is 5.60 Å². The molecule has 0 aromatic carbocycles. The molecule has 0 saturated heterocycles. The predicted octanol–water partition coefficient (Wildman–Crippen LogP) is 2.38. The molecule has 21 heavy (non-hydrogen) atoms. The molecule has 4 rings (SSSR count). The van der Waals surface area contributed by atoms with Gasteiger partial charge in [-0.05, 0) is 85.5 Å². The number of ketones is 1. The van der Waals surface area contributed by atoms with Crippen molar-refractivity contribution < 1.29 is 15.0 Å². The van der Waals surface area contributed by atoms with E-state index in [2.05, 4.69) is 6.92 Å². The van der Waals surface area contributed by atoms with Crippen LogP contribution in [0.25, 0.3) is 0 Å². The lowest BCUT2D eigenvalue weighted by Crippen LogP contribution is -2.54. The summed E-state index contributed by atoms with van der Waals surface area (Å²) in [7, 11) is 0. The molecular formula is C18H24O3. The van der Waals surface area contributed by atoms with E-state index in [1.807, 2.05) is 0 Å². The third-order valence-electron chi connectivity index (χ3n) is 7.03. The van der Waals surface area contributed by atoms with Crippen LogP contribution < -0.4 is 0 Å². The Hall–Kier alpha value is -0.930. The fourth-order valence-electron chi connectivity index (χ4n) is 5.82. The summed E-state index contributed by atoms with van der Waals surface area (Å²) in [6, 6.07) is 0. The van der Waals surface area contributed by atoms with Crippen LogP contribution in [0, 0.1) is 23.2 Å². The Balaban J connectivity index is 1.70. The molecule has 3 nitrogen and oxygen atoms in total. The van der Waals surface area contributed by atoms with Crippen LogP contribution in [-0.2, 0) is 4.79 Å². The zero-order valence-corrected chi connectivity index (χ0v) is 12.6. The van der Waals surface area contributed by atoms with E-state index in [-0.39, 0.29) is 23.2 Å². The van der Waals surface area contributed by atoms with Gasteiger partial charge in [-0.25, -0.2) is 0 Å². The molecule has 3 heteroatoms. The lowest BCUT2D eigenvalue weighted by Gasteiger charge is -2.55. The predicted molar refractivity (Wildman–Crippen MR) is 79.5 cm³/mol. The van der Waals surface area contributed by atoms with Crippen molar-refractivity contribution in [3.05, 3.63) is 23.8 Å². The molecule has 2 N–H and O–H groups in total. The Kier molecular flexibility index (Phi) is 2.81. The van der Waals surface area contributed by atoms with Crippen molar-refractivity contribution in [2.75, 3.05) is 0 Å². The minimum atomic E-state index is -0.911. The highest BCUT2D eigenvalue weighted by Crippen LogP contribution is 2.62. The molecule has 6 atom stereocenters. The summed E-state index contributed by atoms with van der Waals surface area (Å²) in [4.78, 5) is 11.6. The second-order valence-corrected chi connectivity index (χ2v) is 7.78. The first kappa shape index (κ1) is 13.7. The second kappa shape index (κ2) is 4.30. The van der Waals surface area contributed by atoms with Crippen LogP contribution >= 0.6 is 0 Å². The van der Waals surface area contributed by atoms with Gasteiger partial charge in [-0.1, -0.05) is 6.92 Å². The van der Waals surface area contributed by atoms with Crippen LogP contribution in [0.2, 0.25) is 0 Å². The normalized spacial score (nSPS) is 52.0. The molecule has 0 heterocycles. The summed E-state index contributed by atoms with van der Waals surface area (Å²) in [5.41, 5.74) is 0.0388. The average Bonchev–Trinajstić information content (AvgIpc) is 2.76. The molecule has 2 unspecified atom stereocenters. The molecule has 0 radical (unpaired) electrons. The Labute approximate surface area is 125 Å². The van der Waals surface area contributed by atoms with Crippen molar-refractivity contribution in [2.45, 2.75) is 57.2 Å². The van der Waals surface area contributed by atoms with Gasteiger partial charge in [0.25, 0.3) is 0 Å². The smallest absolute Gasteiger partial charge is 0.178 e. The molecule has 0 aromatic heterocycles. The van der Waals surface area contributed by atoms with Crippen molar-refractivity contribution in [1.29, 1.82) is 0 Å². The first-order chi connectivity index (χ1) is 9.95. The van der Waals surface area contributed by atoms with Gasteiger partial charge in [-0.2, -0.15) is 0 Å². The summed E-state index contributed by atoms with van der Waals surface area (Å²) in [6.07, 6.45) is 10.5. The Morgan fingerprint density at radius 2 is 2.00 bits per heavy atom. The summed E-state index contributed by atoms with van der Waals surface area (Å²) < 4.78 is 0. The lowest BCUT2D eigenvalue weighted by molar-refractivity contribution is -0.113. The van der Waals surface area contributed by atoms with Gasteiger partial charge in [0.05, 0.1) is 6.10 Å². The summed E-state index contributed by atoms with van der Waals surface area (Å²) in [5.74, 6) is 1.21. The maximum atomic E-state index is 11.6. The molecule has 0 spiro atoms.